The molecular formula is C17H21ClN2. The van der Waals surface area contributed by atoms with Gasteiger partial charge in [-0.25, -0.2) is 4.98 Å². The van der Waals surface area contributed by atoms with E-state index in [2.05, 4.69) is 36.5 Å². The molecule has 2 nitrogen and oxygen atoms in total. The molecule has 1 heterocycles. The summed E-state index contributed by atoms with van der Waals surface area (Å²) in [4.78, 5) is 4.75. The fraction of sp³-hybridized carbons (Fsp3) is 0.471. The molecule has 1 N–H and O–H groups in total. The van der Waals surface area contributed by atoms with Gasteiger partial charge in [-0.15, -0.1) is 11.6 Å². The number of benzene rings is 1. The third-order valence-corrected chi connectivity index (χ3v) is 5.06. The Morgan fingerprint density at radius 3 is 2.75 bits per heavy atom. The molecule has 0 saturated heterocycles. The maximum absolute atomic E-state index is 6.21. The summed E-state index contributed by atoms with van der Waals surface area (Å²) in [5.41, 5.74) is 2.51. The van der Waals surface area contributed by atoms with E-state index in [1.807, 2.05) is 6.07 Å². The number of aryl methyl sites for hydroxylation is 1. The number of para-hydroxylation sites is 1. The van der Waals surface area contributed by atoms with Crippen LogP contribution >= 0.6 is 11.6 Å². The van der Waals surface area contributed by atoms with E-state index in [1.165, 1.54) is 36.6 Å². The summed E-state index contributed by atoms with van der Waals surface area (Å²) in [6.45, 7) is 3.05. The predicted octanol–water partition coefficient (Wildman–Crippen LogP) is 4.75. The maximum Gasteiger partial charge on any atom is 0.129 e. The van der Waals surface area contributed by atoms with Gasteiger partial charge in [0.1, 0.15) is 5.82 Å². The second kappa shape index (κ2) is 5.61. The summed E-state index contributed by atoms with van der Waals surface area (Å²) in [5, 5.41) is 4.74. The summed E-state index contributed by atoms with van der Waals surface area (Å²) in [6.07, 6.45) is 5.07. The van der Waals surface area contributed by atoms with Gasteiger partial charge in [0.15, 0.2) is 0 Å². The lowest BCUT2D eigenvalue weighted by atomic mass is 9.88. The number of alkyl halides is 1. The van der Waals surface area contributed by atoms with E-state index in [1.54, 1.807) is 0 Å². The summed E-state index contributed by atoms with van der Waals surface area (Å²) < 4.78 is 0. The smallest absolute Gasteiger partial charge is 0.129 e. The zero-order chi connectivity index (χ0) is 14.0. The van der Waals surface area contributed by atoms with Gasteiger partial charge in [-0.2, -0.15) is 0 Å². The molecule has 20 heavy (non-hydrogen) atoms. The third-order valence-electron chi connectivity index (χ3n) is 4.49. The first kappa shape index (κ1) is 13.7. The Morgan fingerprint density at radius 2 is 2.00 bits per heavy atom. The topological polar surface area (TPSA) is 24.9 Å². The van der Waals surface area contributed by atoms with Crippen molar-refractivity contribution in [3.63, 3.8) is 0 Å². The number of halogens is 1. The van der Waals surface area contributed by atoms with Crippen LogP contribution in [0, 0.1) is 12.3 Å². The fourth-order valence-corrected chi connectivity index (χ4v) is 3.52. The molecule has 1 aromatic heterocycles. The van der Waals surface area contributed by atoms with Crippen LogP contribution in [-0.2, 0) is 0 Å². The van der Waals surface area contributed by atoms with E-state index in [0.29, 0.717) is 0 Å². The van der Waals surface area contributed by atoms with Crippen molar-refractivity contribution < 1.29 is 0 Å². The molecule has 0 amide bonds. The number of hydrogen-bond donors (Lipinski definition) is 1. The molecule has 3 heteroatoms. The lowest BCUT2D eigenvalue weighted by Crippen LogP contribution is -2.29. The maximum atomic E-state index is 6.21. The van der Waals surface area contributed by atoms with Gasteiger partial charge in [-0.05, 0) is 37.5 Å². The van der Waals surface area contributed by atoms with Gasteiger partial charge in [-0.1, -0.05) is 31.0 Å². The van der Waals surface area contributed by atoms with Crippen LogP contribution in [0.5, 0.6) is 0 Å². The van der Waals surface area contributed by atoms with Gasteiger partial charge in [0.25, 0.3) is 0 Å². The molecule has 0 unspecified atom stereocenters. The molecule has 0 bridgehead atoms. The number of hydrogen-bond acceptors (Lipinski definition) is 2. The highest BCUT2D eigenvalue weighted by Gasteiger charge is 2.32. The standard InChI is InChI=1S/C17H21ClN2/c1-13-10-14-6-2-3-7-15(14)20-16(13)19-12-17(11-18)8-4-5-9-17/h2-3,6-7,10H,4-5,8-9,11-12H2,1H3,(H,19,20). The van der Waals surface area contributed by atoms with E-state index in [-0.39, 0.29) is 5.41 Å². The Kier molecular flexibility index (Phi) is 3.84. The number of aromatic nitrogens is 1. The van der Waals surface area contributed by atoms with Crippen molar-refractivity contribution >= 4 is 28.3 Å². The van der Waals surface area contributed by atoms with Crippen LogP contribution in [0.25, 0.3) is 10.9 Å². The summed E-state index contributed by atoms with van der Waals surface area (Å²) >= 11 is 6.21. The van der Waals surface area contributed by atoms with Crippen molar-refractivity contribution in [1.29, 1.82) is 0 Å². The summed E-state index contributed by atoms with van der Waals surface area (Å²) in [5.74, 6) is 1.74. The van der Waals surface area contributed by atoms with E-state index in [9.17, 15) is 0 Å². The molecule has 0 radical (unpaired) electrons. The Labute approximate surface area is 125 Å². The Morgan fingerprint density at radius 1 is 1.25 bits per heavy atom. The molecule has 1 saturated carbocycles. The number of anilines is 1. The zero-order valence-corrected chi connectivity index (χ0v) is 12.7. The first-order chi connectivity index (χ1) is 9.72. The second-order valence-corrected chi connectivity index (χ2v) is 6.31. The van der Waals surface area contributed by atoms with Gasteiger partial charge >= 0.3 is 0 Å². The molecular weight excluding hydrogens is 268 g/mol. The number of rotatable bonds is 4. The Hall–Kier alpha value is -1.28. The number of fused-ring (bicyclic) bond motifs is 1. The minimum absolute atomic E-state index is 0.265. The SMILES string of the molecule is Cc1cc2ccccc2nc1NCC1(CCl)CCCC1. The van der Waals surface area contributed by atoms with Crippen molar-refractivity contribution in [3.8, 4) is 0 Å². The highest BCUT2D eigenvalue weighted by molar-refractivity contribution is 6.18. The largest absolute Gasteiger partial charge is 0.369 e. The van der Waals surface area contributed by atoms with Crippen LogP contribution in [0.1, 0.15) is 31.2 Å². The molecule has 3 rings (SSSR count). The summed E-state index contributed by atoms with van der Waals surface area (Å²) in [6, 6.07) is 10.5. The van der Waals surface area contributed by atoms with Crippen LogP contribution in [0.15, 0.2) is 30.3 Å². The quantitative estimate of drug-likeness (QED) is 0.821. The molecule has 1 fully saturated rings. The van der Waals surface area contributed by atoms with Crippen molar-refractivity contribution in [2.45, 2.75) is 32.6 Å². The second-order valence-electron chi connectivity index (χ2n) is 6.04. The van der Waals surface area contributed by atoms with Crippen LogP contribution in [-0.4, -0.2) is 17.4 Å². The minimum atomic E-state index is 0.265. The van der Waals surface area contributed by atoms with Crippen LogP contribution in [0.2, 0.25) is 0 Å². The Bertz CT molecular complexity index is 603. The molecule has 106 valence electrons. The van der Waals surface area contributed by atoms with Crippen LogP contribution < -0.4 is 5.32 Å². The molecule has 2 aromatic rings. The van der Waals surface area contributed by atoms with Crippen molar-refractivity contribution in [3.05, 3.63) is 35.9 Å². The third kappa shape index (κ3) is 2.62. The van der Waals surface area contributed by atoms with E-state index in [4.69, 9.17) is 16.6 Å². The van der Waals surface area contributed by atoms with E-state index < -0.39 is 0 Å². The van der Waals surface area contributed by atoms with Gasteiger partial charge in [0, 0.05) is 23.2 Å². The lowest BCUT2D eigenvalue weighted by Gasteiger charge is -2.27. The van der Waals surface area contributed by atoms with Gasteiger partial charge in [-0.3, -0.25) is 0 Å². The van der Waals surface area contributed by atoms with E-state index >= 15 is 0 Å². The first-order valence-electron chi connectivity index (χ1n) is 7.39. The predicted molar refractivity (Wildman–Crippen MR) is 86.6 cm³/mol. The van der Waals surface area contributed by atoms with Crippen molar-refractivity contribution in [1.82, 2.24) is 4.98 Å². The first-order valence-corrected chi connectivity index (χ1v) is 7.92. The number of nitrogens with one attached hydrogen (secondary N) is 1. The minimum Gasteiger partial charge on any atom is -0.369 e. The highest BCUT2D eigenvalue weighted by atomic mass is 35.5. The zero-order valence-electron chi connectivity index (χ0n) is 12.0. The highest BCUT2D eigenvalue weighted by Crippen LogP contribution is 2.39. The molecule has 1 aliphatic rings. The van der Waals surface area contributed by atoms with Crippen LogP contribution in [0.3, 0.4) is 0 Å². The average molecular weight is 289 g/mol. The number of nitrogens with zero attached hydrogens (tertiary/aromatic N) is 1. The Balaban J connectivity index is 1.81. The molecule has 0 aliphatic heterocycles. The normalized spacial score (nSPS) is 17.5. The lowest BCUT2D eigenvalue weighted by molar-refractivity contribution is 0.368. The average Bonchev–Trinajstić information content (AvgIpc) is 2.94. The number of pyridine rings is 1. The monoisotopic (exact) mass is 288 g/mol. The van der Waals surface area contributed by atoms with Crippen LogP contribution in [0.4, 0.5) is 5.82 Å². The molecule has 0 spiro atoms. The molecule has 1 aromatic carbocycles. The van der Waals surface area contributed by atoms with E-state index in [0.717, 1.165) is 23.8 Å². The molecule has 0 atom stereocenters. The fourth-order valence-electron chi connectivity index (χ4n) is 3.15. The van der Waals surface area contributed by atoms with Gasteiger partial charge in [0.05, 0.1) is 5.52 Å². The molecule has 1 aliphatic carbocycles. The van der Waals surface area contributed by atoms with Gasteiger partial charge < -0.3 is 5.32 Å². The van der Waals surface area contributed by atoms with Crippen molar-refractivity contribution in [2.24, 2.45) is 5.41 Å². The van der Waals surface area contributed by atoms with Gasteiger partial charge in [0.2, 0.25) is 0 Å². The van der Waals surface area contributed by atoms with Crippen molar-refractivity contribution in [2.75, 3.05) is 17.7 Å². The summed E-state index contributed by atoms with van der Waals surface area (Å²) in [7, 11) is 0.